The summed E-state index contributed by atoms with van der Waals surface area (Å²) >= 11 is 1.10. The Morgan fingerprint density at radius 3 is 2.72 bits per heavy atom. The van der Waals surface area contributed by atoms with Crippen molar-refractivity contribution in [1.82, 2.24) is 4.57 Å². The number of benzene rings is 2. The van der Waals surface area contributed by atoms with Gasteiger partial charge >= 0.3 is 0 Å². The highest BCUT2D eigenvalue weighted by atomic mass is 32.1. The molecule has 0 atom stereocenters. The lowest BCUT2D eigenvalue weighted by Crippen LogP contribution is -2.16. The minimum Gasteiger partial charge on any atom is -0.314 e. The number of aromatic nitrogens is 1. The van der Waals surface area contributed by atoms with E-state index in [-0.39, 0.29) is 5.52 Å². The van der Waals surface area contributed by atoms with E-state index in [1.54, 1.807) is 10.6 Å². The molecule has 0 bridgehead atoms. The topological polar surface area (TPSA) is 34.4 Å². The molecule has 1 heterocycles. The Hall–Kier alpha value is -2.60. The zero-order valence-electron chi connectivity index (χ0n) is 13.6. The van der Waals surface area contributed by atoms with Gasteiger partial charge in [-0.15, -0.1) is 0 Å². The van der Waals surface area contributed by atoms with E-state index >= 15 is 0 Å². The molecule has 25 heavy (non-hydrogen) atoms. The SMILES string of the molecule is CCCn1c(=NC(=O)/C=C/c2ccccc2)sc2cc(F)cc(F)c21. The molecule has 2 aromatic carbocycles. The van der Waals surface area contributed by atoms with Gasteiger partial charge in [-0.3, -0.25) is 4.79 Å². The predicted molar refractivity (Wildman–Crippen MR) is 96.1 cm³/mol. The molecular weight excluding hydrogens is 342 g/mol. The first-order valence-corrected chi connectivity index (χ1v) is 8.70. The molecule has 0 aliphatic heterocycles. The maximum atomic E-state index is 14.2. The number of aryl methyl sites for hydroxylation is 1. The summed E-state index contributed by atoms with van der Waals surface area (Å²) in [6.07, 6.45) is 3.78. The van der Waals surface area contributed by atoms with Crippen LogP contribution in [0.5, 0.6) is 0 Å². The molecule has 0 radical (unpaired) electrons. The van der Waals surface area contributed by atoms with Crippen molar-refractivity contribution < 1.29 is 13.6 Å². The molecule has 3 rings (SSSR count). The fourth-order valence-electron chi connectivity index (χ4n) is 2.51. The molecule has 0 saturated heterocycles. The van der Waals surface area contributed by atoms with E-state index < -0.39 is 17.5 Å². The number of thiazole rings is 1. The third kappa shape index (κ3) is 3.91. The van der Waals surface area contributed by atoms with Crippen LogP contribution in [-0.2, 0) is 11.3 Å². The normalized spacial score (nSPS) is 12.4. The molecule has 1 aromatic heterocycles. The van der Waals surface area contributed by atoms with Crippen molar-refractivity contribution in [2.45, 2.75) is 19.9 Å². The Kier molecular flexibility index (Phi) is 5.19. The van der Waals surface area contributed by atoms with Crippen molar-refractivity contribution in [3.05, 3.63) is 70.5 Å². The van der Waals surface area contributed by atoms with Crippen molar-refractivity contribution in [3.63, 3.8) is 0 Å². The summed E-state index contributed by atoms with van der Waals surface area (Å²) < 4.78 is 29.7. The number of hydrogen-bond donors (Lipinski definition) is 0. The second kappa shape index (κ2) is 7.53. The number of rotatable bonds is 4. The maximum Gasteiger partial charge on any atom is 0.272 e. The minimum absolute atomic E-state index is 0.284. The van der Waals surface area contributed by atoms with Gasteiger partial charge in [-0.05, 0) is 24.1 Å². The fourth-order valence-corrected chi connectivity index (χ4v) is 3.61. The van der Waals surface area contributed by atoms with Crippen LogP contribution in [0.1, 0.15) is 18.9 Å². The van der Waals surface area contributed by atoms with Gasteiger partial charge < -0.3 is 4.57 Å². The average molecular weight is 358 g/mol. The number of nitrogens with zero attached hydrogens (tertiary/aromatic N) is 2. The van der Waals surface area contributed by atoms with Crippen LogP contribution in [0, 0.1) is 11.6 Å². The van der Waals surface area contributed by atoms with Crippen LogP contribution >= 0.6 is 11.3 Å². The highest BCUT2D eigenvalue weighted by Crippen LogP contribution is 2.22. The summed E-state index contributed by atoms with van der Waals surface area (Å²) in [4.78, 5) is 16.6. The molecule has 0 N–H and O–H groups in total. The van der Waals surface area contributed by atoms with Gasteiger partial charge in [0.05, 0.1) is 10.2 Å². The van der Waals surface area contributed by atoms with Crippen molar-refractivity contribution in [1.29, 1.82) is 0 Å². The lowest BCUT2D eigenvalue weighted by molar-refractivity contribution is -0.113. The predicted octanol–water partition coefficient (Wildman–Crippen LogP) is 4.53. The van der Waals surface area contributed by atoms with Crippen molar-refractivity contribution in [3.8, 4) is 0 Å². The van der Waals surface area contributed by atoms with Gasteiger partial charge in [0.1, 0.15) is 5.82 Å². The minimum atomic E-state index is -0.645. The Balaban J connectivity index is 2.03. The average Bonchev–Trinajstić information content (AvgIpc) is 2.91. The van der Waals surface area contributed by atoms with E-state index in [4.69, 9.17) is 0 Å². The van der Waals surface area contributed by atoms with Crippen LogP contribution in [0.25, 0.3) is 16.3 Å². The zero-order valence-corrected chi connectivity index (χ0v) is 14.4. The first kappa shape index (κ1) is 17.2. The molecular formula is C19H16F2N2OS. The van der Waals surface area contributed by atoms with Gasteiger partial charge in [0.2, 0.25) is 0 Å². The number of fused-ring (bicyclic) bond motifs is 1. The Morgan fingerprint density at radius 1 is 1.24 bits per heavy atom. The second-order valence-electron chi connectivity index (χ2n) is 5.46. The lowest BCUT2D eigenvalue weighted by atomic mass is 10.2. The van der Waals surface area contributed by atoms with Gasteiger partial charge in [0, 0.05) is 18.7 Å². The monoisotopic (exact) mass is 358 g/mol. The lowest BCUT2D eigenvalue weighted by Gasteiger charge is -2.03. The van der Waals surface area contributed by atoms with Crippen molar-refractivity contribution >= 4 is 33.5 Å². The Labute approximate surface area is 147 Å². The van der Waals surface area contributed by atoms with Crippen LogP contribution in [-0.4, -0.2) is 10.5 Å². The van der Waals surface area contributed by atoms with E-state index in [9.17, 15) is 13.6 Å². The first-order valence-electron chi connectivity index (χ1n) is 7.88. The molecule has 0 fully saturated rings. The Bertz CT molecular complexity index is 1000. The molecule has 0 unspecified atom stereocenters. The summed E-state index contributed by atoms with van der Waals surface area (Å²) in [7, 11) is 0. The summed E-state index contributed by atoms with van der Waals surface area (Å²) in [5.74, 6) is -1.73. The molecule has 128 valence electrons. The van der Waals surface area contributed by atoms with E-state index in [1.807, 2.05) is 37.3 Å². The highest BCUT2D eigenvalue weighted by Gasteiger charge is 2.13. The van der Waals surface area contributed by atoms with Crippen molar-refractivity contribution in [2.24, 2.45) is 4.99 Å². The second-order valence-corrected chi connectivity index (χ2v) is 6.47. The summed E-state index contributed by atoms with van der Waals surface area (Å²) in [5, 5.41) is 0. The van der Waals surface area contributed by atoms with Gasteiger partial charge in [0.25, 0.3) is 5.91 Å². The standard InChI is InChI=1S/C19H16F2N2OS/c1-2-10-23-18-15(21)11-14(20)12-16(18)25-19(23)22-17(24)9-8-13-6-4-3-5-7-13/h3-9,11-12H,2,10H2,1H3/b9-8+,22-19?. The first-order chi connectivity index (χ1) is 12.1. The molecule has 3 nitrogen and oxygen atoms in total. The van der Waals surface area contributed by atoms with Crippen LogP contribution in [0.2, 0.25) is 0 Å². The van der Waals surface area contributed by atoms with Gasteiger partial charge in [-0.25, -0.2) is 8.78 Å². The smallest absolute Gasteiger partial charge is 0.272 e. The zero-order chi connectivity index (χ0) is 17.8. The molecule has 3 aromatic rings. The highest BCUT2D eigenvalue weighted by molar-refractivity contribution is 7.16. The third-order valence-corrected chi connectivity index (χ3v) is 4.59. The third-order valence-electron chi connectivity index (χ3n) is 3.57. The molecule has 6 heteroatoms. The number of carbonyl (C=O) groups excluding carboxylic acids is 1. The van der Waals surface area contributed by atoms with E-state index in [0.717, 1.165) is 29.4 Å². The number of hydrogen-bond acceptors (Lipinski definition) is 2. The number of halogens is 2. The van der Waals surface area contributed by atoms with E-state index in [0.29, 0.717) is 16.0 Å². The summed E-state index contributed by atoms with van der Waals surface area (Å²) in [6.45, 7) is 2.44. The number of amides is 1. The van der Waals surface area contributed by atoms with Crippen LogP contribution in [0.15, 0.2) is 53.5 Å². The van der Waals surface area contributed by atoms with Crippen molar-refractivity contribution in [2.75, 3.05) is 0 Å². The largest absolute Gasteiger partial charge is 0.314 e. The number of carbonyl (C=O) groups is 1. The van der Waals surface area contributed by atoms with Gasteiger partial charge in [0.15, 0.2) is 10.6 Å². The Morgan fingerprint density at radius 2 is 2.00 bits per heavy atom. The van der Waals surface area contributed by atoms with Gasteiger partial charge in [-0.1, -0.05) is 48.6 Å². The summed E-state index contributed by atoms with van der Waals surface area (Å²) in [6, 6.07) is 11.5. The quantitative estimate of drug-likeness (QED) is 0.631. The van der Waals surface area contributed by atoms with Crippen LogP contribution in [0.4, 0.5) is 8.78 Å². The molecule has 0 saturated carbocycles. The molecule has 0 spiro atoms. The summed E-state index contributed by atoms with van der Waals surface area (Å²) in [5.41, 5.74) is 1.17. The molecule has 0 aliphatic carbocycles. The van der Waals surface area contributed by atoms with Crippen LogP contribution in [0.3, 0.4) is 0 Å². The fraction of sp³-hybridized carbons (Fsp3) is 0.158. The molecule has 1 amide bonds. The maximum absolute atomic E-state index is 14.2. The van der Waals surface area contributed by atoms with E-state index in [2.05, 4.69) is 4.99 Å². The van der Waals surface area contributed by atoms with E-state index in [1.165, 1.54) is 12.1 Å². The van der Waals surface area contributed by atoms with Crippen LogP contribution < -0.4 is 4.80 Å². The molecule has 0 aliphatic rings. The van der Waals surface area contributed by atoms with Gasteiger partial charge in [-0.2, -0.15) is 4.99 Å².